The van der Waals surface area contributed by atoms with Crippen molar-refractivity contribution in [2.45, 2.75) is 6.92 Å². The molecule has 2 aromatic heterocycles. The van der Waals surface area contributed by atoms with E-state index in [1.165, 1.54) is 0 Å². The van der Waals surface area contributed by atoms with Gasteiger partial charge in [-0.05, 0) is 53.2 Å². The van der Waals surface area contributed by atoms with Crippen molar-refractivity contribution in [1.29, 1.82) is 0 Å². The standard InChI is InChI=1S/C15H10BrClN2O2/c1-9-3-2-4-14-18-12(8-19(9)14)15(20)21-13-6-5-10(17)7-11(13)16/h2-8H,1H3. The van der Waals surface area contributed by atoms with Gasteiger partial charge in [-0.3, -0.25) is 0 Å². The maximum atomic E-state index is 12.2. The molecule has 1 aromatic carbocycles. The van der Waals surface area contributed by atoms with E-state index < -0.39 is 5.97 Å². The smallest absolute Gasteiger partial charge is 0.364 e. The van der Waals surface area contributed by atoms with E-state index in [0.29, 0.717) is 20.9 Å². The maximum Gasteiger partial charge on any atom is 0.364 e. The molecule has 0 fully saturated rings. The van der Waals surface area contributed by atoms with E-state index in [2.05, 4.69) is 20.9 Å². The molecule has 0 radical (unpaired) electrons. The highest BCUT2D eigenvalue weighted by Gasteiger charge is 2.15. The van der Waals surface area contributed by atoms with Crippen LogP contribution in [0.5, 0.6) is 5.75 Å². The molecule has 0 aliphatic rings. The Hall–Kier alpha value is -1.85. The molecule has 0 saturated heterocycles. The molecule has 0 aliphatic carbocycles. The van der Waals surface area contributed by atoms with Gasteiger partial charge in [0.25, 0.3) is 0 Å². The molecular weight excluding hydrogens is 356 g/mol. The summed E-state index contributed by atoms with van der Waals surface area (Å²) in [4.78, 5) is 16.4. The number of aryl methyl sites for hydroxylation is 1. The topological polar surface area (TPSA) is 43.6 Å². The first-order chi connectivity index (χ1) is 10.0. The van der Waals surface area contributed by atoms with E-state index in [9.17, 15) is 4.79 Å². The van der Waals surface area contributed by atoms with Gasteiger partial charge < -0.3 is 9.14 Å². The van der Waals surface area contributed by atoms with Crippen LogP contribution >= 0.6 is 27.5 Å². The van der Waals surface area contributed by atoms with Crippen molar-refractivity contribution in [2.24, 2.45) is 0 Å². The first-order valence-corrected chi connectivity index (χ1v) is 7.33. The Labute approximate surface area is 134 Å². The van der Waals surface area contributed by atoms with E-state index in [0.717, 1.165) is 5.69 Å². The Kier molecular flexibility index (Phi) is 3.69. The minimum absolute atomic E-state index is 0.256. The average Bonchev–Trinajstić information content (AvgIpc) is 2.87. The lowest BCUT2D eigenvalue weighted by molar-refractivity contribution is 0.0728. The van der Waals surface area contributed by atoms with Crippen molar-refractivity contribution in [2.75, 3.05) is 0 Å². The summed E-state index contributed by atoms with van der Waals surface area (Å²) >= 11 is 9.16. The van der Waals surface area contributed by atoms with E-state index in [1.807, 2.05) is 29.5 Å². The third-order valence-corrected chi connectivity index (χ3v) is 3.86. The fourth-order valence-electron chi connectivity index (χ4n) is 1.96. The Morgan fingerprint density at radius 2 is 2.14 bits per heavy atom. The number of hydrogen-bond donors (Lipinski definition) is 0. The number of rotatable bonds is 2. The van der Waals surface area contributed by atoms with Crippen LogP contribution in [-0.2, 0) is 0 Å². The third kappa shape index (κ3) is 2.80. The second kappa shape index (κ2) is 5.50. The van der Waals surface area contributed by atoms with Gasteiger partial charge in [0.05, 0.1) is 4.47 Å². The second-order valence-electron chi connectivity index (χ2n) is 4.49. The Morgan fingerprint density at radius 1 is 1.33 bits per heavy atom. The number of carbonyl (C=O) groups excluding carboxylic acids is 1. The van der Waals surface area contributed by atoms with E-state index in [4.69, 9.17) is 16.3 Å². The molecule has 2 heterocycles. The van der Waals surface area contributed by atoms with Gasteiger partial charge in [0.1, 0.15) is 11.4 Å². The van der Waals surface area contributed by atoms with Gasteiger partial charge in [-0.25, -0.2) is 9.78 Å². The quantitative estimate of drug-likeness (QED) is 0.503. The van der Waals surface area contributed by atoms with Crippen molar-refractivity contribution in [3.05, 3.63) is 63.5 Å². The number of carbonyl (C=O) groups is 1. The lowest BCUT2D eigenvalue weighted by Gasteiger charge is -2.04. The van der Waals surface area contributed by atoms with Gasteiger partial charge in [0.15, 0.2) is 5.69 Å². The summed E-state index contributed by atoms with van der Waals surface area (Å²) in [5.41, 5.74) is 1.95. The molecular formula is C15H10BrClN2O2. The van der Waals surface area contributed by atoms with Crippen molar-refractivity contribution in [1.82, 2.24) is 9.38 Å². The first kappa shape index (κ1) is 14.1. The lowest BCUT2D eigenvalue weighted by Crippen LogP contribution is -2.09. The fourth-order valence-corrected chi connectivity index (χ4v) is 2.72. The number of hydrogen-bond acceptors (Lipinski definition) is 3. The lowest BCUT2D eigenvalue weighted by atomic mass is 10.3. The Bertz CT molecular complexity index is 845. The largest absolute Gasteiger partial charge is 0.421 e. The summed E-state index contributed by atoms with van der Waals surface area (Å²) in [6.45, 7) is 1.94. The predicted molar refractivity (Wildman–Crippen MR) is 84.0 cm³/mol. The molecule has 0 atom stereocenters. The molecule has 0 spiro atoms. The van der Waals surface area contributed by atoms with Crippen LogP contribution in [-0.4, -0.2) is 15.4 Å². The van der Waals surface area contributed by atoms with Gasteiger partial charge >= 0.3 is 5.97 Å². The van der Waals surface area contributed by atoms with Crippen LogP contribution in [0.2, 0.25) is 5.02 Å². The minimum atomic E-state index is -0.513. The van der Waals surface area contributed by atoms with Gasteiger partial charge in [0.2, 0.25) is 0 Å². The van der Waals surface area contributed by atoms with Crippen LogP contribution in [0.15, 0.2) is 47.1 Å². The molecule has 0 amide bonds. The normalized spacial score (nSPS) is 10.8. The molecule has 0 unspecified atom stereocenters. The molecule has 0 aliphatic heterocycles. The molecule has 3 aromatic rings. The number of aromatic nitrogens is 2. The first-order valence-electron chi connectivity index (χ1n) is 6.16. The van der Waals surface area contributed by atoms with Crippen molar-refractivity contribution >= 4 is 39.1 Å². The number of ether oxygens (including phenoxy) is 1. The van der Waals surface area contributed by atoms with Gasteiger partial charge in [-0.2, -0.15) is 0 Å². The monoisotopic (exact) mass is 364 g/mol. The zero-order valence-electron chi connectivity index (χ0n) is 11.0. The number of pyridine rings is 1. The summed E-state index contributed by atoms with van der Waals surface area (Å²) in [6.07, 6.45) is 1.66. The van der Waals surface area contributed by atoms with Gasteiger partial charge in [-0.15, -0.1) is 0 Å². The second-order valence-corrected chi connectivity index (χ2v) is 5.78. The van der Waals surface area contributed by atoms with Crippen LogP contribution in [0.4, 0.5) is 0 Å². The highest BCUT2D eigenvalue weighted by atomic mass is 79.9. The molecule has 6 heteroatoms. The predicted octanol–water partition coefficient (Wildman–Crippen LogP) is 4.28. The van der Waals surface area contributed by atoms with Crippen LogP contribution in [0.3, 0.4) is 0 Å². The van der Waals surface area contributed by atoms with Crippen LogP contribution in [0, 0.1) is 6.92 Å². The van der Waals surface area contributed by atoms with Crippen molar-refractivity contribution in [3.8, 4) is 5.75 Å². The van der Waals surface area contributed by atoms with Crippen LogP contribution < -0.4 is 4.74 Å². The SMILES string of the molecule is Cc1cccc2nc(C(=O)Oc3ccc(Cl)cc3Br)cn12. The molecule has 4 nitrogen and oxygen atoms in total. The number of benzene rings is 1. The number of halogens is 2. The highest BCUT2D eigenvalue weighted by Crippen LogP contribution is 2.28. The summed E-state index contributed by atoms with van der Waals surface area (Å²) in [5, 5.41) is 0.560. The number of imidazole rings is 1. The number of fused-ring (bicyclic) bond motifs is 1. The summed E-state index contributed by atoms with van der Waals surface area (Å²) in [7, 11) is 0. The minimum Gasteiger partial charge on any atom is -0.421 e. The van der Waals surface area contributed by atoms with E-state index >= 15 is 0 Å². The Morgan fingerprint density at radius 3 is 2.86 bits per heavy atom. The zero-order valence-corrected chi connectivity index (χ0v) is 13.4. The van der Waals surface area contributed by atoms with Gasteiger partial charge in [0, 0.05) is 16.9 Å². The summed E-state index contributed by atoms with van der Waals surface area (Å²) < 4.78 is 7.79. The molecule has 0 saturated carbocycles. The maximum absolute atomic E-state index is 12.2. The van der Waals surface area contributed by atoms with E-state index in [-0.39, 0.29) is 5.69 Å². The number of nitrogens with zero attached hydrogens (tertiary/aromatic N) is 2. The fraction of sp³-hybridized carbons (Fsp3) is 0.0667. The third-order valence-electron chi connectivity index (χ3n) is 3.00. The van der Waals surface area contributed by atoms with Crippen LogP contribution in [0.1, 0.15) is 16.2 Å². The zero-order chi connectivity index (χ0) is 15.0. The van der Waals surface area contributed by atoms with Crippen LogP contribution in [0.25, 0.3) is 5.65 Å². The van der Waals surface area contributed by atoms with E-state index in [1.54, 1.807) is 24.4 Å². The molecule has 21 heavy (non-hydrogen) atoms. The summed E-state index contributed by atoms with van der Waals surface area (Å²) in [6, 6.07) is 10.6. The van der Waals surface area contributed by atoms with Crippen molar-refractivity contribution in [3.63, 3.8) is 0 Å². The average molecular weight is 366 g/mol. The molecule has 3 rings (SSSR count). The highest BCUT2D eigenvalue weighted by molar-refractivity contribution is 9.10. The Balaban J connectivity index is 1.92. The molecule has 106 valence electrons. The van der Waals surface area contributed by atoms with Gasteiger partial charge in [-0.1, -0.05) is 17.7 Å². The molecule has 0 bridgehead atoms. The summed E-state index contributed by atoms with van der Waals surface area (Å²) in [5.74, 6) is -0.112. The number of esters is 1. The molecule has 0 N–H and O–H groups in total. The van der Waals surface area contributed by atoms with Crippen molar-refractivity contribution < 1.29 is 9.53 Å².